The largest absolute Gasteiger partial charge is 0.490 e. The van der Waals surface area contributed by atoms with E-state index in [1.807, 2.05) is 53.5 Å². The molecule has 8 heteroatoms. The molecule has 1 N–H and O–H groups in total. The molecule has 0 spiro atoms. The van der Waals surface area contributed by atoms with Crippen molar-refractivity contribution in [3.63, 3.8) is 0 Å². The number of hydrogen-bond donors (Lipinski definition) is 1. The molecule has 1 unspecified atom stereocenters. The Morgan fingerprint density at radius 3 is 2.65 bits per heavy atom. The molecule has 9 bridgehead atoms. The van der Waals surface area contributed by atoms with Crippen molar-refractivity contribution in [3.05, 3.63) is 101 Å². The number of benzene rings is 3. The average molecular weight is 495 g/mol. The van der Waals surface area contributed by atoms with E-state index in [9.17, 15) is 14.7 Å². The van der Waals surface area contributed by atoms with Crippen LogP contribution in [0.15, 0.2) is 72.8 Å². The van der Waals surface area contributed by atoms with Gasteiger partial charge in [0.2, 0.25) is 0 Å². The molecule has 0 saturated heterocycles. The number of hydrogen-bond acceptors (Lipinski definition) is 5. The summed E-state index contributed by atoms with van der Waals surface area (Å²) < 4.78 is 7.60. The molecule has 0 saturated carbocycles. The van der Waals surface area contributed by atoms with Crippen LogP contribution in [-0.2, 0) is 24.3 Å². The van der Waals surface area contributed by atoms with Crippen LogP contribution in [0.5, 0.6) is 5.75 Å². The van der Waals surface area contributed by atoms with Gasteiger partial charge in [-0.2, -0.15) is 0 Å². The number of aromatic nitrogens is 3. The second-order valence-electron chi connectivity index (χ2n) is 9.48. The lowest BCUT2D eigenvalue weighted by Crippen LogP contribution is -2.36. The Bertz CT molecular complexity index is 1520. The highest BCUT2D eigenvalue weighted by molar-refractivity contribution is 5.94. The number of rotatable bonds is 2. The quantitative estimate of drug-likeness (QED) is 0.420. The number of allylic oxidation sites excluding steroid dienone is 1. The van der Waals surface area contributed by atoms with Crippen molar-refractivity contribution >= 4 is 22.9 Å². The predicted octanol–water partition coefficient (Wildman–Crippen LogP) is 4.19. The van der Waals surface area contributed by atoms with Crippen molar-refractivity contribution in [2.24, 2.45) is 0 Å². The number of carboxylic acid groups (broad SMARTS) is 1. The fourth-order valence-electron chi connectivity index (χ4n) is 5.17. The molecule has 1 atom stereocenters. The van der Waals surface area contributed by atoms with Gasteiger partial charge in [-0.3, -0.25) is 9.59 Å². The van der Waals surface area contributed by atoms with Gasteiger partial charge in [-0.05, 0) is 71.1 Å². The van der Waals surface area contributed by atoms with Crippen LogP contribution in [0, 0.1) is 0 Å². The van der Waals surface area contributed by atoms with Crippen LogP contribution in [-0.4, -0.2) is 50.0 Å². The van der Waals surface area contributed by atoms with E-state index in [4.69, 9.17) is 4.74 Å². The molecule has 37 heavy (non-hydrogen) atoms. The third kappa shape index (κ3) is 4.58. The highest BCUT2D eigenvalue weighted by atomic mass is 16.5. The Hall–Kier alpha value is -4.46. The van der Waals surface area contributed by atoms with E-state index in [1.54, 1.807) is 16.8 Å². The minimum absolute atomic E-state index is 0.0247. The van der Waals surface area contributed by atoms with Crippen molar-refractivity contribution in [2.75, 3.05) is 13.2 Å². The molecule has 5 aliphatic heterocycles. The molecule has 9 rings (SSSR count). The third-order valence-electron chi connectivity index (χ3n) is 7.14. The highest BCUT2D eigenvalue weighted by Gasteiger charge is 2.25. The molecule has 186 valence electrons. The normalized spacial score (nSPS) is 17.4. The zero-order valence-corrected chi connectivity index (χ0v) is 20.2. The lowest BCUT2D eigenvalue weighted by molar-refractivity contribution is -0.137. The summed E-state index contributed by atoms with van der Waals surface area (Å²) in [4.78, 5) is 27.0. The smallest absolute Gasteiger partial charge is 0.304 e. The van der Waals surface area contributed by atoms with E-state index in [0.717, 1.165) is 34.1 Å². The lowest BCUT2D eigenvalue weighted by atomic mass is 9.85. The second kappa shape index (κ2) is 9.54. The standard InChI is InChI=1S/C29H26N4O4/c34-28(35)17-25-21-4-3-19-11-13-32(18-23(19)15-21)29(36)20-5-8-24(9-6-20)37-14-2-1-12-33-27-10-7-22(25)16-26(27)30-31-33/h1-10,15-16,25H,11-14,17-18H2,(H,34,35). The van der Waals surface area contributed by atoms with E-state index >= 15 is 0 Å². The SMILES string of the molecule is O=C(O)CC1c2ccc3c(c2)CN(CC3)C(=O)c2ccc(cc2)OCC=CCn2nnc3cc1ccc32. The first-order valence-electron chi connectivity index (χ1n) is 12.4. The van der Waals surface area contributed by atoms with Gasteiger partial charge in [-0.15, -0.1) is 5.10 Å². The monoisotopic (exact) mass is 494 g/mol. The number of carbonyl (C=O) groups excluding carboxylic acids is 1. The molecule has 1 amide bonds. The number of amides is 1. The molecule has 1 aromatic heterocycles. The van der Waals surface area contributed by atoms with E-state index in [2.05, 4.69) is 22.4 Å². The minimum atomic E-state index is -0.871. The first-order chi connectivity index (χ1) is 18.0. The maximum absolute atomic E-state index is 13.3. The number of aliphatic carboxylic acids is 1. The zero-order valence-electron chi connectivity index (χ0n) is 20.2. The number of nitrogens with zero attached hydrogens (tertiary/aromatic N) is 4. The van der Waals surface area contributed by atoms with Crippen LogP contribution < -0.4 is 4.74 Å². The Kier molecular flexibility index (Phi) is 5.92. The van der Waals surface area contributed by atoms with Crippen LogP contribution in [0.2, 0.25) is 0 Å². The van der Waals surface area contributed by atoms with Gasteiger partial charge in [0, 0.05) is 24.6 Å². The number of carbonyl (C=O) groups is 2. The topological polar surface area (TPSA) is 97.6 Å². The number of carboxylic acids is 1. The van der Waals surface area contributed by atoms with Gasteiger partial charge in [-0.1, -0.05) is 35.6 Å². The van der Waals surface area contributed by atoms with Gasteiger partial charge < -0.3 is 14.7 Å². The highest BCUT2D eigenvalue weighted by Crippen LogP contribution is 2.33. The fraction of sp³-hybridized carbons (Fsp3) is 0.241. The van der Waals surface area contributed by atoms with Crippen molar-refractivity contribution in [2.45, 2.75) is 31.8 Å². The fourth-order valence-corrected chi connectivity index (χ4v) is 5.17. The van der Waals surface area contributed by atoms with Crippen LogP contribution in [0.1, 0.15) is 45.0 Å². The summed E-state index contributed by atoms with van der Waals surface area (Å²) in [6.07, 6.45) is 4.60. The molecular formula is C29H26N4O4. The Balaban J connectivity index is 1.43. The molecule has 0 aliphatic carbocycles. The van der Waals surface area contributed by atoms with Gasteiger partial charge in [0.25, 0.3) is 5.91 Å². The predicted molar refractivity (Wildman–Crippen MR) is 138 cm³/mol. The maximum atomic E-state index is 13.3. The maximum Gasteiger partial charge on any atom is 0.304 e. The summed E-state index contributed by atoms with van der Waals surface area (Å²) in [5.41, 5.74) is 6.25. The molecule has 3 aromatic carbocycles. The molecule has 5 aliphatic rings. The number of ether oxygens (including phenoxy) is 1. The summed E-state index contributed by atoms with van der Waals surface area (Å²) in [6.45, 7) is 2.05. The van der Waals surface area contributed by atoms with E-state index in [1.165, 1.54) is 5.56 Å². The molecule has 0 fully saturated rings. The van der Waals surface area contributed by atoms with Crippen LogP contribution in [0.25, 0.3) is 11.0 Å². The first-order valence-corrected chi connectivity index (χ1v) is 12.4. The minimum Gasteiger partial charge on any atom is -0.490 e. The van der Waals surface area contributed by atoms with Gasteiger partial charge in [0.05, 0.1) is 18.5 Å². The van der Waals surface area contributed by atoms with Gasteiger partial charge in [-0.25, -0.2) is 4.68 Å². The summed E-state index contributed by atoms with van der Waals surface area (Å²) in [6, 6.07) is 19.2. The Morgan fingerprint density at radius 2 is 1.81 bits per heavy atom. The van der Waals surface area contributed by atoms with Crippen LogP contribution >= 0.6 is 0 Å². The molecule has 4 aromatic rings. The third-order valence-corrected chi connectivity index (χ3v) is 7.14. The van der Waals surface area contributed by atoms with Crippen molar-refractivity contribution in [1.29, 1.82) is 0 Å². The lowest BCUT2D eigenvalue weighted by Gasteiger charge is -2.30. The van der Waals surface area contributed by atoms with E-state index in [-0.39, 0.29) is 18.2 Å². The van der Waals surface area contributed by atoms with Crippen molar-refractivity contribution in [3.8, 4) is 5.75 Å². The summed E-state index contributed by atoms with van der Waals surface area (Å²) in [5.74, 6) is -0.543. The molecule has 0 radical (unpaired) electrons. The van der Waals surface area contributed by atoms with Crippen molar-refractivity contribution in [1.82, 2.24) is 19.9 Å². The van der Waals surface area contributed by atoms with Crippen molar-refractivity contribution < 1.29 is 19.4 Å². The second-order valence-corrected chi connectivity index (χ2v) is 9.48. The van der Waals surface area contributed by atoms with E-state index < -0.39 is 5.97 Å². The summed E-state index contributed by atoms with van der Waals surface area (Å²) in [7, 11) is 0. The molecule has 8 nitrogen and oxygen atoms in total. The first kappa shape index (κ1) is 23.0. The zero-order chi connectivity index (χ0) is 25.4. The Morgan fingerprint density at radius 1 is 1.00 bits per heavy atom. The van der Waals surface area contributed by atoms with Gasteiger partial charge in [0.15, 0.2) is 0 Å². The van der Waals surface area contributed by atoms with E-state index in [0.29, 0.717) is 37.6 Å². The summed E-state index contributed by atoms with van der Waals surface area (Å²) >= 11 is 0. The summed E-state index contributed by atoms with van der Waals surface area (Å²) in [5, 5.41) is 18.3. The van der Waals surface area contributed by atoms with Gasteiger partial charge >= 0.3 is 5.97 Å². The van der Waals surface area contributed by atoms with Crippen LogP contribution in [0.3, 0.4) is 0 Å². The van der Waals surface area contributed by atoms with Crippen LogP contribution in [0.4, 0.5) is 0 Å². The molecular weight excluding hydrogens is 468 g/mol. The molecule has 6 heterocycles. The average Bonchev–Trinajstić information content (AvgIpc) is 3.32. The Labute approximate surface area is 213 Å². The van der Waals surface area contributed by atoms with Gasteiger partial charge in [0.1, 0.15) is 17.9 Å².